The first-order chi connectivity index (χ1) is 9.97. The highest BCUT2D eigenvalue weighted by atomic mass is 16.3. The van der Waals surface area contributed by atoms with Gasteiger partial charge in [0.15, 0.2) is 0 Å². The number of furan rings is 1. The highest BCUT2D eigenvalue weighted by Gasteiger charge is 2.25. The van der Waals surface area contributed by atoms with E-state index >= 15 is 0 Å². The van der Waals surface area contributed by atoms with Crippen LogP contribution in [0.3, 0.4) is 0 Å². The molecule has 0 radical (unpaired) electrons. The van der Waals surface area contributed by atoms with Crippen molar-refractivity contribution < 1.29 is 14.0 Å². The van der Waals surface area contributed by atoms with E-state index < -0.39 is 0 Å². The molecule has 1 saturated heterocycles. The normalized spacial score (nSPS) is 17.7. The smallest absolute Gasteiger partial charge is 0.236 e. The van der Waals surface area contributed by atoms with Crippen molar-refractivity contribution in [1.29, 1.82) is 0 Å². The third-order valence-corrected chi connectivity index (χ3v) is 4.00. The average Bonchev–Trinajstić information content (AvgIpc) is 2.91. The van der Waals surface area contributed by atoms with Gasteiger partial charge in [-0.1, -0.05) is 0 Å². The Morgan fingerprint density at radius 3 is 2.62 bits per heavy atom. The molecule has 1 aliphatic heterocycles. The topological polar surface area (TPSA) is 88.6 Å². The highest BCUT2D eigenvalue weighted by Crippen LogP contribution is 2.17. The van der Waals surface area contributed by atoms with Crippen LogP contribution < -0.4 is 11.1 Å². The van der Waals surface area contributed by atoms with Gasteiger partial charge in [0, 0.05) is 19.0 Å². The second-order valence-electron chi connectivity index (χ2n) is 5.61. The molecule has 6 nitrogen and oxygen atoms in total. The Labute approximate surface area is 124 Å². The van der Waals surface area contributed by atoms with Crippen molar-refractivity contribution >= 4 is 11.8 Å². The number of carbonyl (C=O) groups is 2. The van der Waals surface area contributed by atoms with Gasteiger partial charge in [0.2, 0.25) is 11.8 Å². The van der Waals surface area contributed by atoms with Crippen molar-refractivity contribution in [3.05, 3.63) is 23.7 Å². The molecule has 0 spiro atoms. The van der Waals surface area contributed by atoms with Crippen LogP contribution in [-0.4, -0.2) is 36.3 Å². The number of aryl methyl sites for hydroxylation is 1. The summed E-state index contributed by atoms with van der Waals surface area (Å²) in [6.07, 6.45) is 1.32. The zero-order valence-corrected chi connectivity index (χ0v) is 12.6. The van der Waals surface area contributed by atoms with E-state index in [1.807, 2.05) is 26.0 Å². The molecule has 1 aromatic heterocycles. The van der Waals surface area contributed by atoms with E-state index in [9.17, 15) is 9.59 Å². The molecule has 0 saturated carbocycles. The molecular formula is C15H23N3O3. The molecule has 1 atom stereocenters. The molecule has 21 heavy (non-hydrogen) atoms. The largest absolute Gasteiger partial charge is 0.465 e. The molecule has 0 aliphatic carbocycles. The average molecular weight is 293 g/mol. The van der Waals surface area contributed by atoms with Crippen LogP contribution in [0.5, 0.6) is 0 Å². The minimum absolute atomic E-state index is 0.00851. The monoisotopic (exact) mass is 293 g/mol. The lowest BCUT2D eigenvalue weighted by Gasteiger charge is -2.31. The Kier molecular flexibility index (Phi) is 5.01. The van der Waals surface area contributed by atoms with Crippen LogP contribution in [0, 0.1) is 12.8 Å². The summed E-state index contributed by atoms with van der Waals surface area (Å²) in [5, 5.41) is 3.17. The summed E-state index contributed by atoms with van der Waals surface area (Å²) in [4.78, 5) is 25.0. The molecule has 1 aliphatic rings. The van der Waals surface area contributed by atoms with E-state index in [0.717, 1.165) is 11.5 Å². The lowest BCUT2D eigenvalue weighted by atomic mass is 9.96. The fourth-order valence-electron chi connectivity index (χ4n) is 2.55. The van der Waals surface area contributed by atoms with Gasteiger partial charge in [-0.3, -0.25) is 14.9 Å². The van der Waals surface area contributed by atoms with Crippen LogP contribution in [0.2, 0.25) is 0 Å². The Balaban J connectivity index is 1.76. The third kappa shape index (κ3) is 4.07. The lowest BCUT2D eigenvalue weighted by molar-refractivity contribution is -0.134. The Hall–Kier alpha value is -1.82. The summed E-state index contributed by atoms with van der Waals surface area (Å²) < 4.78 is 5.52. The molecule has 3 N–H and O–H groups in total. The van der Waals surface area contributed by atoms with Crippen LogP contribution >= 0.6 is 0 Å². The van der Waals surface area contributed by atoms with Crippen LogP contribution in [0.15, 0.2) is 16.5 Å². The maximum absolute atomic E-state index is 12.1. The Bertz CT molecular complexity index is 504. The van der Waals surface area contributed by atoms with Crippen LogP contribution in [0.1, 0.15) is 37.3 Å². The van der Waals surface area contributed by atoms with Crippen molar-refractivity contribution in [2.24, 2.45) is 11.7 Å². The number of nitrogens with one attached hydrogen (secondary N) is 1. The lowest BCUT2D eigenvalue weighted by Crippen LogP contribution is -2.45. The molecule has 0 aromatic carbocycles. The number of hydrogen-bond acceptors (Lipinski definition) is 4. The number of piperidine rings is 1. The number of nitrogens with two attached hydrogens (primary N) is 1. The maximum atomic E-state index is 12.1. The summed E-state index contributed by atoms with van der Waals surface area (Å²) in [6, 6.07) is 3.81. The van der Waals surface area contributed by atoms with Gasteiger partial charge in [0.1, 0.15) is 11.5 Å². The Morgan fingerprint density at radius 2 is 2.10 bits per heavy atom. The second-order valence-corrected chi connectivity index (χ2v) is 5.61. The SMILES string of the molecule is Cc1ccc(C(C)NCC(=O)N2CCC(C(N)=O)CC2)o1. The molecule has 116 valence electrons. The first-order valence-corrected chi connectivity index (χ1v) is 7.34. The number of carbonyl (C=O) groups excluding carboxylic acids is 2. The van der Waals surface area contributed by atoms with Crippen molar-refractivity contribution in [1.82, 2.24) is 10.2 Å². The third-order valence-electron chi connectivity index (χ3n) is 4.00. The van der Waals surface area contributed by atoms with Crippen LogP contribution in [0.25, 0.3) is 0 Å². The molecule has 2 amide bonds. The van der Waals surface area contributed by atoms with Gasteiger partial charge in [-0.2, -0.15) is 0 Å². The molecule has 2 heterocycles. The zero-order valence-electron chi connectivity index (χ0n) is 12.6. The van der Waals surface area contributed by atoms with Gasteiger partial charge in [0.25, 0.3) is 0 Å². The predicted molar refractivity (Wildman–Crippen MR) is 78.4 cm³/mol. The number of nitrogens with zero attached hydrogens (tertiary/aromatic N) is 1. The van der Waals surface area contributed by atoms with Crippen molar-refractivity contribution in [3.8, 4) is 0 Å². The zero-order chi connectivity index (χ0) is 15.4. The first kappa shape index (κ1) is 15.6. The van der Waals surface area contributed by atoms with Gasteiger partial charge >= 0.3 is 0 Å². The molecule has 2 rings (SSSR count). The van der Waals surface area contributed by atoms with E-state index in [1.54, 1.807) is 4.90 Å². The van der Waals surface area contributed by atoms with Crippen molar-refractivity contribution in [3.63, 3.8) is 0 Å². The fourth-order valence-corrected chi connectivity index (χ4v) is 2.55. The van der Waals surface area contributed by atoms with Gasteiger partial charge in [-0.15, -0.1) is 0 Å². The number of rotatable bonds is 5. The molecular weight excluding hydrogens is 270 g/mol. The summed E-state index contributed by atoms with van der Waals surface area (Å²) in [7, 11) is 0. The molecule has 1 fully saturated rings. The molecule has 1 aromatic rings. The fraction of sp³-hybridized carbons (Fsp3) is 0.600. The van der Waals surface area contributed by atoms with Gasteiger partial charge in [0.05, 0.1) is 12.6 Å². The minimum atomic E-state index is -0.262. The quantitative estimate of drug-likeness (QED) is 0.846. The van der Waals surface area contributed by atoms with E-state index in [4.69, 9.17) is 10.2 Å². The minimum Gasteiger partial charge on any atom is -0.465 e. The Morgan fingerprint density at radius 1 is 1.43 bits per heavy atom. The van der Waals surface area contributed by atoms with Gasteiger partial charge < -0.3 is 15.1 Å². The standard InChI is InChI=1S/C15H23N3O3/c1-10-3-4-13(21-10)11(2)17-9-14(19)18-7-5-12(6-8-18)15(16)20/h3-4,11-12,17H,5-9H2,1-2H3,(H2,16,20). The molecule has 0 bridgehead atoms. The van der Waals surface area contributed by atoms with Gasteiger partial charge in [-0.25, -0.2) is 0 Å². The van der Waals surface area contributed by atoms with Crippen LogP contribution in [0.4, 0.5) is 0 Å². The number of amides is 2. The van der Waals surface area contributed by atoms with E-state index in [-0.39, 0.29) is 30.3 Å². The van der Waals surface area contributed by atoms with E-state index in [0.29, 0.717) is 25.9 Å². The second kappa shape index (κ2) is 6.76. The number of primary amides is 1. The molecule has 6 heteroatoms. The summed E-state index contributed by atoms with van der Waals surface area (Å²) in [5.74, 6) is 1.38. The van der Waals surface area contributed by atoms with Crippen molar-refractivity contribution in [2.75, 3.05) is 19.6 Å². The molecule has 1 unspecified atom stereocenters. The summed E-state index contributed by atoms with van der Waals surface area (Å²) in [5.41, 5.74) is 5.29. The predicted octanol–water partition coefficient (Wildman–Crippen LogP) is 0.963. The number of likely N-dealkylation sites (tertiary alicyclic amines) is 1. The summed E-state index contributed by atoms with van der Waals surface area (Å²) in [6.45, 7) is 5.32. The first-order valence-electron chi connectivity index (χ1n) is 7.34. The van der Waals surface area contributed by atoms with Crippen molar-refractivity contribution in [2.45, 2.75) is 32.7 Å². The van der Waals surface area contributed by atoms with Gasteiger partial charge in [-0.05, 0) is 38.8 Å². The summed E-state index contributed by atoms with van der Waals surface area (Å²) >= 11 is 0. The van der Waals surface area contributed by atoms with E-state index in [1.165, 1.54) is 0 Å². The van der Waals surface area contributed by atoms with Crippen LogP contribution in [-0.2, 0) is 9.59 Å². The highest BCUT2D eigenvalue weighted by molar-refractivity contribution is 5.80. The number of hydrogen-bond donors (Lipinski definition) is 2. The maximum Gasteiger partial charge on any atom is 0.236 e. The van der Waals surface area contributed by atoms with E-state index in [2.05, 4.69) is 5.32 Å².